The van der Waals surface area contributed by atoms with Gasteiger partial charge in [0.2, 0.25) is 0 Å². The van der Waals surface area contributed by atoms with E-state index in [1.54, 1.807) is 0 Å². The predicted molar refractivity (Wildman–Crippen MR) is 90.1 cm³/mol. The van der Waals surface area contributed by atoms with Gasteiger partial charge in [-0.1, -0.05) is 51.9 Å². The van der Waals surface area contributed by atoms with Crippen LogP contribution in [0.3, 0.4) is 0 Å². The summed E-state index contributed by atoms with van der Waals surface area (Å²) < 4.78 is 28.6. The molecule has 1 rings (SSSR count). The van der Waals surface area contributed by atoms with E-state index in [0.717, 1.165) is 19.3 Å². The third kappa shape index (κ3) is 8.54. The number of hydrogen-bond acceptors (Lipinski definition) is 5. The first-order chi connectivity index (χ1) is 10.9. The summed E-state index contributed by atoms with van der Waals surface area (Å²) in [5, 5.41) is 10.5. The van der Waals surface area contributed by atoms with E-state index in [1.165, 1.54) is 49.9 Å². The molecule has 0 heterocycles. The molecule has 6 nitrogen and oxygen atoms in total. The Hall–Kier alpha value is -1.63. The second kappa shape index (κ2) is 10.2. The molecule has 0 aliphatic carbocycles. The molecule has 0 atom stereocenters. The quantitative estimate of drug-likeness (QED) is 0.242. The van der Waals surface area contributed by atoms with E-state index < -0.39 is 15.0 Å². The zero-order valence-electron chi connectivity index (χ0n) is 13.6. The minimum atomic E-state index is -3.64. The molecule has 130 valence electrons. The highest BCUT2D eigenvalue weighted by molar-refractivity contribution is 7.87. The van der Waals surface area contributed by atoms with Crippen molar-refractivity contribution in [1.29, 1.82) is 0 Å². The van der Waals surface area contributed by atoms with Gasteiger partial charge in [-0.2, -0.15) is 8.42 Å². The number of nitrogens with zero attached hydrogens (tertiary/aromatic N) is 1. The van der Waals surface area contributed by atoms with Crippen LogP contribution < -0.4 is 4.18 Å². The summed E-state index contributed by atoms with van der Waals surface area (Å²) in [5.74, 6) is 0.0778. The van der Waals surface area contributed by atoms with E-state index in [9.17, 15) is 18.5 Å². The second-order valence-electron chi connectivity index (χ2n) is 5.57. The summed E-state index contributed by atoms with van der Waals surface area (Å²) in [6, 6.07) is 5.04. The highest BCUT2D eigenvalue weighted by Crippen LogP contribution is 2.19. The Morgan fingerprint density at radius 1 is 0.957 bits per heavy atom. The predicted octanol–water partition coefficient (Wildman–Crippen LogP) is 4.44. The normalized spacial score (nSPS) is 11.3. The first kappa shape index (κ1) is 19.4. The number of benzene rings is 1. The third-order valence-corrected chi connectivity index (χ3v) is 4.75. The summed E-state index contributed by atoms with van der Waals surface area (Å²) in [5.41, 5.74) is -0.0992. The molecule has 7 heteroatoms. The largest absolute Gasteiger partial charge is 0.382 e. The van der Waals surface area contributed by atoms with Crippen LogP contribution in [0.25, 0.3) is 0 Å². The molecule has 0 saturated carbocycles. The van der Waals surface area contributed by atoms with Crippen LogP contribution in [-0.2, 0) is 10.1 Å². The van der Waals surface area contributed by atoms with Crippen molar-refractivity contribution in [1.82, 2.24) is 0 Å². The zero-order chi connectivity index (χ0) is 17.1. The van der Waals surface area contributed by atoms with Gasteiger partial charge < -0.3 is 4.18 Å². The van der Waals surface area contributed by atoms with Crippen LogP contribution in [0.15, 0.2) is 24.3 Å². The van der Waals surface area contributed by atoms with E-state index in [0.29, 0.717) is 6.42 Å². The molecule has 0 spiro atoms. The molecule has 0 bridgehead atoms. The van der Waals surface area contributed by atoms with Crippen LogP contribution in [0.5, 0.6) is 5.75 Å². The number of non-ortho nitro benzene ring substituents is 1. The molecule has 0 unspecified atom stereocenters. The number of nitro groups is 1. The SMILES string of the molecule is CCCCCCCCCCS(=O)(=O)Oc1ccc([N+](=O)[O-])cc1. The van der Waals surface area contributed by atoms with Crippen LogP contribution >= 0.6 is 0 Å². The maximum absolute atomic E-state index is 11.8. The number of nitro benzene ring substituents is 1. The molecule has 1 aromatic rings. The van der Waals surface area contributed by atoms with Crippen molar-refractivity contribution in [3.63, 3.8) is 0 Å². The van der Waals surface area contributed by atoms with Gasteiger partial charge in [0.1, 0.15) is 5.75 Å². The lowest BCUT2D eigenvalue weighted by molar-refractivity contribution is -0.384. The van der Waals surface area contributed by atoms with Gasteiger partial charge in [0, 0.05) is 12.1 Å². The van der Waals surface area contributed by atoms with Gasteiger partial charge in [-0.25, -0.2) is 0 Å². The molecule has 0 aliphatic heterocycles. The fraction of sp³-hybridized carbons (Fsp3) is 0.625. The topological polar surface area (TPSA) is 86.5 Å². The molecule has 0 aromatic heterocycles. The lowest BCUT2D eigenvalue weighted by Gasteiger charge is -2.06. The minimum Gasteiger partial charge on any atom is -0.382 e. The Morgan fingerprint density at radius 2 is 1.48 bits per heavy atom. The lowest BCUT2D eigenvalue weighted by Crippen LogP contribution is -2.13. The molecule has 0 radical (unpaired) electrons. The van der Waals surface area contributed by atoms with Crippen molar-refractivity contribution in [2.75, 3.05) is 5.75 Å². The first-order valence-corrected chi connectivity index (χ1v) is 9.69. The van der Waals surface area contributed by atoms with Gasteiger partial charge >= 0.3 is 10.1 Å². The average molecular weight is 343 g/mol. The Morgan fingerprint density at radius 3 is 2.00 bits per heavy atom. The van der Waals surface area contributed by atoms with Gasteiger partial charge in [0.25, 0.3) is 5.69 Å². The Kier molecular flexibility index (Phi) is 8.61. The van der Waals surface area contributed by atoms with Crippen LogP contribution in [0.1, 0.15) is 58.3 Å². The van der Waals surface area contributed by atoms with E-state index in [1.807, 2.05) is 0 Å². The molecular formula is C16H25NO5S. The van der Waals surface area contributed by atoms with Crippen LogP contribution in [0, 0.1) is 10.1 Å². The summed E-state index contributed by atoms with van der Waals surface area (Å²) >= 11 is 0. The standard InChI is InChI=1S/C16H25NO5S/c1-2-3-4-5-6-7-8-9-14-23(20,21)22-16-12-10-15(11-13-16)17(18)19/h10-13H,2-9,14H2,1H3. The summed E-state index contributed by atoms with van der Waals surface area (Å²) in [4.78, 5) is 9.99. The van der Waals surface area contributed by atoms with Crippen molar-refractivity contribution >= 4 is 15.8 Å². The van der Waals surface area contributed by atoms with Gasteiger partial charge in [-0.05, 0) is 18.6 Å². The van der Waals surface area contributed by atoms with Crippen molar-refractivity contribution < 1.29 is 17.5 Å². The van der Waals surface area contributed by atoms with E-state index >= 15 is 0 Å². The summed E-state index contributed by atoms with van der Waals surface area (Å²) in [6.07, 6.45) is 8.56. The molecule has 0 saturated heterocycles. The number of hydrogen-bond donors (Lipinski definition) is 0. The molecule has 0 N–H and O–H groups in total. The Labute approximate surface area is 138 Å². The van der Waals surface area contributed by atoms with Gasteiger partial charge in [0.15, 0.2) is 0 Å². The zero-order valence-corrected chi connectivity index (χ0v) is 14.4. The summed E-state index contributed by atoms with van der Waals surface area (Å²) in [7, 11) is -3.64. The number of unbranched alkanes of at least 4 members (excludes halogenated alkanes) is 7. The molecule has 0 aliphatic rings. The highest BCUT2D eigenvalue weighted by Gasteiger charge is 2.13. The van der Waals surface area contributed by atoms with Crippen molar-refractivity contribution in [2.45, 2.75) is 58.3 Å². The third-order valence-electron chi connectivity index (χ3n) is 3.52. The first-order valence-electron chi connectivity index (χ1n) is 8.11. The molecule has 0 fully saturated rings. The maximum Gasteiger partial charge on any atom is 0.309 e. The second-order valence-corrected chi connectivity index (χ2v) is 7.26. The average Bonchev–Trinajstić information content (AvgIpc) is 2.50. The van der Waals surface area contributed by atoms with Crippen LogP contribution in [0.4, 0.5) is 5.69 Å². The van der Waals surface area contributed by atoms with E-state index in [2.05, 4.69) is 6.92 Å². The maximum atomic E-state index is 11.8. The minimum absolute atomic E-state index is 0.0288. The smallest absolute Gasteiger partial charge is 0.309 e. The lowest BCUT2D eigenvalue weighted by atomic mass is 10.1. The molecule has 23 heavy (non-hydrogen) atoms. The molecule has 1 aromatic carbocycles. The van der Waals surface area contributed by atoms with Gasteiger partial charge in [0.05, 0.1) is 10.7 Å². The van der Waals surface area contributed by atoms with Gasteiger partial charge in [-0.3, -0.25) is 10.1 Å². The monoisotopic (exact) mass is 343 g/mol. The van der Waals surface area contributed by atoms with Crippen molar-refractivity contribution in [3.05, 3.63) is 34.4 Å². The van der Waals surface area contributed by atoms with E-state index in [-0.39, 0.29) is 17.2 Å². The van der Waals surface area contributed by atoms with E-state index in [4.69, 9.17) is 4.18 Å². The fourth-order valence-electron chi connectivity index (χ4n) is 2.22. The van der Waals surface area contributed by atoms with Crippen LogP contribution in [0.2, 0.25) is 0 Å². The molecule has 0 amide bonds. The fourth-order valence-corrected chi connectivity index (χ4v) is 3.27. The molecular weight excluding hydrogens is 318 g/mol. The highest BCUT2D eigenvalue weighted by atomic mass is 32.2. The Bertz CT molecular complexity index is 569. The Balaban J connectivity index is 2.26. The van der Waals surface area contributed by atoms with Crippen LogP contribution in [-0.4, -0.2) is 19.1 Å². The number of rotatable bonds is 12. The summed E-state index contributed by atoms with van der Waals surface area (Å²) in [6.45, 7) is 2.18. The van der Waals surface area contributed by atoms with Crippen molar-refractivity contribution in [2.24, 2.45) is 0 Å². The van der Waals surface area contributed by atoms with Crippen molar-refractivity contribution in [3.8, 4) is 5.75 Å². The van der Waals surface area contributed by atoms with Gasteiger partial charge in [-0.15, -0.1) is 0 Å².